The van der Waals surface area contributed by atoms with Gasteiger partial charge in [0.2, 0.25) is 11.8 Å². The zero-order valence-corrected chi connectivity index (χ0v) is 16.8. The molecule has 1 fully saturated rings. The third kappa shape index (κ3) is 2.23. The van der Waals surface area contributed by atoms with E-state index in [4.69, 9.17) is 4.74 Å². The summed E-state index contributed by atoms with van der Waals surface area (Å²) in [6.45, 7) is 0. The second kappa shape index (κ2) is 6.38. The first-order chi connectivity index (χ1) is 15.1. The molecule has 0 aromatic heterocycles. The van der Waals surface area contributed by atoms with Crippen molar-refractivity contribution in [1.29, 1.82) is 0 Å². The minimum absolute atomic E-state index is 0.172. The fourth-order valence-corrected chi connectivity index (χ4v) is 5.87. The summed E-state index contributed by atoms with van der Waals surface area (Å²) in [5.74, 6) is -2.36. The lowest BCUT2D eigenvalue weighted by Gasteiger charge is -2.45. The number of carbonyl (C=O) groups is 3. The summed E-state index contributed by atoms with van der Waals surface area (Å²) in [5, 5.41) is 0. The lowest BCUT2D eigenvalue weighted by Crippen LogP contribution is -2.41. The molecule has 3 aromatic carbocycles. The Morgan fingerprint density at radius 3 is 1.58 bits per heavy atom. The van der Waals surface area contributed by atoms with Crippen LogP contribution >= 0.6 is 0 Å². The number of esters is 1. The summed E-state index contributed by atoms with van der Waals surface area (Å²) in [6, 6.07) is 22.9. The first kappa shape index (κ1) is 18.1. The van der Waals surface area contributed by atoms with Gasteiger partial charge in [0.05, 0.1) is 30.2 Å². The minimum Gasteiger partial charge on any atom is -0.465 e. The molecule has 1 heterocycles. The molecule has 1 saturated heterocycles. The molecule has 0 saturated carbocycles. The molecule has 2 amide bonds. The Morgan fingerprint density at radius 2 is 1.13 bits per heavy atom. The molecule has 5 heteroatoms. The van der Waals surface area contributed by atoms with Crippen molar-refractivity contribution in [2.45, 2.75) is 11.8 Å². The number of para-hydroxylation sites is 1. The lowest BCUT2D eigenvalue weighted by molar-refractivity contribution is -0.122. The molecule has 2 unspecified atom stereocenters. The van der Waals surface area contributed by atoms with E-state index in [0.717, 1.165) is 22.3 Å². The molecule has 0 radical (unpaired) electrons. The maximum absolute atomic E-state index is 13.8. The Morgan fingerprint density at radius 1 is 0.710 bits per heavy atom. The number of hydrogen-bond donors (Lipinski definition) is 0. The van der Waals surface area contributed by atoms with Crippen molar-refractivity contribution in [2.24, 2.45) is 11.8 Å². The van der Waals surface area contributed by atoms with Gasteiger partial charge in [0.1, 0.15) is 0 Å². The normalized spacial score (nSPS) is 25.1. The topological polar surface area (TPSA) is 63.7 Å². The van der Waals surface area contributed by atoms with E-state index >= 15 is 0 Å². The van der Waals surface area contributed by atoms with Crippen LogP contribution in [0.5, 0.6) is 0 Å². The minimum atomic E-state index is -0.569. The molecule has 7 rings (SSSR count). The van der Waals surface area contributed by atoms with E-state index in [2.05, 4.69) is 24.3 Å². The first-order valence-corrected chi connectivity index (χ1v) is 10.4. The highest BCUT2D eigenvalue weighted by molar-refractivity contribution is 6.25. The van der Waals surface area contributed by atoms with Crippen LogP contribution in [0.4, 0.5) is 5.69 Å². The van der Waals surface area contributed by atoms with E-state index in [1.807, 2.05) is 24.3 Å². The molecule has 1 aliphatic heterocycles. The molecule has 3 aromatic rings. The van der Waals surface area contributed by atoms with Crippen molar-refractivity contribution in [2.75, 3.05) is 12.0 Å². The van der Waals surface area contributed by atoms with Gasteiger partial charge in [-0.1, -0.05) is 60.7 Å². The molecular weight excluding hydrogens is 390 g/mol. The summed E-state index contributed by atoms with van der Waals surface area (Å²) in [7, 11) is 1.29. The average molecular weight is 409 g/mol. The van der Waals surface area contributed by atoms with Crippen molar-refractivity contribution in [3.63, 3.8) is 0 Å². The Labute approximate surface area is 179 Å². The Kier molecular flexibility index (Phi) is 3.72. The summed E-state index contributed by atoms with van der Waals surface area (Å²) in [5.41, 5.74) is 5.00. The smallest absolute Gasteiger partial charge is 0.339 e. The number of ether oxygens (including phenoxy) is 1. The van der Waals surface area contributed by atoms with Gasteiger partial charge in [0.15, 0.2) is 0 Å². The standard InChI is InChI=1S/C26H19NO4/c1-31-26(30)18-12-6-7-13-19(18)27-24(28)22-20-14-8-2-3-9-15(14)21(23(22)25(27)29)17-11-5-4-10-16(17)20/h2-13,20-23H,1H3. The van der Waals surface area contributed by atoms with Crippen molar-refractivity contribution in [3.05, 3.63) is 101 Å². The van der Waals surface area contributed by atoms with Crippen molar-refractivity contribution < 1.29 is 19.1 Å². The maximum atomic E-state index is 13.8. The number of nitrogens with zero attached hydrogens (tertiary/aromatic N) is 1. The van der Waals surface area contributed by atoms with Gasteiger partial charge in [-0.15, -0.1) is 0 Å². The number of anilines is 1. The number of methoxy groups -OCH3 is 1. The molecular formula is C26H19NO4. The van der Waals surface area contributed by atoms with Crippen LogP contribution in [0.1, 0.15) is 44.4 Å². The number of rotatable bonds is 2. The number of carbonyl (C=O) groups excluding carboxylic acids is 3. The third-order valence-electron chi connectivity index (χ3n) is 7.00. The van der Waals surface area contributed by atoms with E-state index < -0.39 is 17.8 Å². The van der Waals surface area contributed by atoms with Crippen LogP contribution in [0, 0.1) is 11.8 Å². The summed E-state index contributed by atoms with van der Waals surface area (Å²) < 4.78 is 4.89. The van der Waals surface area contributed by atoms with Crippen LogP contribution in [-0.2, 0) is 14.3 Å². The molecule has 0 spiro atoms. The van der Waals surface area contributed by atoms with Crippen LogP contribution < -0.4 is 4.90 Å². The first-order valence-electron chi connectivity index (χ1n) is 10.4. The van der Waals surface area contributed by atoms with E-state index in [1.165, 1.54) is 12.0 Å². The predicted molar refractivity (Wildman–Crippen MR) is 114 cm³/mol. The van der Waals surface area contributed by atoms with Crippen LogP contribution in [-0.4, -0.2) is 24.9 Å². The van der Waals surface area contributed by atoms with E-state index in [0.29, 0.717) is 5.69 Å². The quantitative estimate of drug-likeness (QED) is 0.476. The van der Waals surface area contributed by atoms with Crippen molar-refractivity contribution >= 4 is 23.5 Å². The summed E-state index contributed by atoms with van der Waals surface area (Å²) in [6.07, 6.45) is 0. The summed E-state index contributed by atoms with van der Waals surface area (Å²) in [4.78, 5) is 41.1. The lowest BCUT2D eigenvalue weighted by atomic mass is 9.55. The molecule has 31 heavy (non-hydrogen) atoms. The zero-order valence-electron chi connectivity index (χ0n) is 16.8. The number of imide groups is 1. The molecule has 2 bridgehead atoms. The molecule has 2 atom stereocenters. The second-order valence-electron chi connectivity index (χ2n) is 8.29. The zero-order chi connectivity index (χ0) is 21.3. The van der Waals surface area contributed by atoms with Gasteiger partial charge in [0.25, 0.3) is 0 Å². The largest absolute Gasteiger partial charge is 0.465 e. The number of hydrogen-bond acceptors (Lipinski definition) is 4. The fourth-order valence-electron chi connectivity index (χ4n) is 5.87. The highest BCUT2D eigenvalue weighted by Crippen LogP contribution is 2.61. The highest BCUT2D eigenvalue weighted by atomic mass is 16.5. The highest BCUT2D eigenvalue weighted by Gasteiger charge is 2.62. The van der Waals surface area contributed by atoms with Gasteiger partial charge in [-0.2, -0.15) is 0 Å². The SMILES string of the molecule is COC(=O)c1ccccc1N1C(=O)C2C3c4ccccc4C(c4ccccc43)C2C1=O. The van der Waals surface area contributed by atoms with E-state index in [9.17, 15) is 14.4 Å². The number of amides is 2. The van der Waals surface area contributed by atoms with Crippen molar-refractivity contribution in [3.8, 4) is 0 Å². The summed E-state index contributed by atoms with van der Waals surface area (Å²) >= 11 is 0. The molecule has 5 nitrogen and oxygen atoms in total. The molecule has 4 aliphatic rings. The van der Waals surface area contributed by atoms with Crippen molar-refractivity contribution in [1.82, 2.24) is 0 Å². The second-order valence-corrected chi connectivity index (χ2v) is 8.29. The monoisotopic (exact) mass is 409 g/mol. The number of benzene rings is 3. The predicted octanol–water partition coefficient (Wildman–Crippen LogP) is 3.87. The van der Waals surface area contributed by atoms with E-state index in [1.54, 1.807) is 24.3 Å². The van der Waals surface area contributed by atoms with E-state index in [-0.39, 0.29) is 29.2 Å². The van der Waals surface area contributed by atoms with Crippen LogP contribution in [0.3, 0.4) is 0 Å². The Hall–Kier alpha value is -3.73. The van der Waals surface area contributed by atoms with Gasteiger partial charge in [-0.3, -0.25) is 9.59 Å². The van der Waals surface area contributed by atoms with Gasteiger partial charge >= 0.3 is 5.97 Å². The van der Waals surface area contributed by atoms with Crippen LogP contribution in [0.25, 0.3) is 0 Å². The van der Waals surface area contributed by atoms with Crippen LogP contribution in [0.2, 0.25) is 0 Å². The van der Waals surface area contributed by atoms with Gasteiger partial charge in [-0.25, -0.2) is 9.69 Å². The van der Waals surface area contributed by atoms with Gasteiger partial charge in [-0.05, 0) is 34.4 Å². The third-order valence-corrected chi connectivity index (χ3v) is 7.00. The fraction of sp³-hybridized carbons (Fsp3) is 0.192. The van der Waals surface area contributed by atoms with Gasteiger partial charge in [0, 0.05) is 11.8 Å². The molecule has 0 N–H and O–H groups in total. The average Bonchev–Trinajstić information content (AvgIpc) is 3.09. The van der Waals surface area contributed by atoms with Gasteiger partial charge < -0.3 is 4.74 Å². The maximum Gasteiger partial charge on any atom is 0.339 e. The molecule has 152 valence electrons. The van der Waals surface area contributed by atoms with Crippen LogP contribution in [0.15, 0.2) is 72.8 Å². The Bertz CT molecular complexity index is 1160. The Balaban J connectivity index is 1.55. The molecule has 3 aliphatic carbocycles.